The van der Waals surface area contributed by atoms with Gasteiger partial charge in [0.2, 0.25) is 0 Å². The molecular weight excluding hydrogens is 274 g/mol. The summed E-state index contributed by atoms with van der Waals surface area (Å²) < 4.78 is 0. The Labute approximate surface area is 128 Å². The summed E-state index contributed by atoms with van der Waals surface area (Å²) in [7, 11) is 0. The molecule has 22 heavy (non-hydrogen) atoms. The molecule has 108 valence electrons. The molecule has 2 aromatic carbocycles. The summed E-state index contributed by atoms with van der Waals surface area (Å²) in [6.07, 6.45) is 1.77. The van der Waals surface area contributed by atoms with Crippen molar-refractivity contribution in [3.63, 3.8) is 0 Å². The fraction of sp³-hybridized carbons (Fsp3) is 0.111. The summed E-state index contributed by atoms with van der Waals surface area (Å²) in [6.45, 7) is 3.68. The van der Waals surface area contributed by atoms with Gasteiger partial charge in [0, 0.05) is 0 Å². The summed E-state index contributed by atoms with van der Waals surface area (Å²) in [5.74, 6) is 0.839. The predicted octanol–water partition coefficient (Wildman–Crippen LogP) is 3.95. The van der Waals surface area contributed by atoms with Crippen molar-refractivity contribution in [2.24, 2.45) is 0 Å². The highest BCUT2D eigenvalue weighted by Crippen LogP contribution is 2.25. The van der Waals surface area contributed by atoms with Gasteiger partial charge in [-0.25, -0.2) is 4.98 Å². The van der Waals surface area contributed by atoms with Crippen LogP contribution in [-0.2, 0) is 0 Å². The summed E-state index contributed by atoms with van der Waals surface area (Å²) in [4.78, 5) is 7.60. The van der Waals surface area contributed by atoms with Crippen molar-refractivity contribution in [3.05, 3.63) is 58.9 Å². The van der Waals surface area contributed by atoms with E-state index in [0.717, 1.165) is 27.7 Å². The highest BCUT2D eigenvalue weighted by atomic mass is 16.3. The van der Waals surface area contributed by atoms with Gasteiger partial charge in [0.25, 0.3) is 0 Å². The molecule has 0 atom stereocenters. The molecule has 0 saturated carbocycles. The maximum atomic E-state index is 9.83. The quantitative estimate of drug-likeness (QED) is 0.701. The van der Waals surface area contributed by atoms with Crippen LogP contribution in [0.5, 0.6) is 5.75 Å². The summed E-state index contributed by atoms with van der Waals surface area (Å²) in [5.41, 5.74) is 4.63. The smallest absolute Gasteiger partial charge is 0.149 e. The topological polar surface area (TPSA) is 72.7 Å². The fourth-order valence-electron chi connectivity index (χ4n) is 2.47. The number of phenolic OH excluding ortho intramolecular Hbond substituents is 1. The van der Waals surface area contributed by atoms with Crippen LogP contribution in [0.2, 0.25) is 0 Å². The second-order valence-electron chi connectivity index (χ2n) is 5.28. The first-order valence-electron chi connectivity index (χ1n) is 6.95. The number of fused-ring (bicyclic) bond motifs is 1. The molecular formula is C18H15N3O. The van der Waals surface area contributed by atoms with Crippen LogP contribution in [0.25, 0.3) is 22.7 Å². The lowest BCUT2D eigenvalue weighted by atomic mass is 10.0. The minimum Gasteiger partial charge on any atom is -0.507 e. The first kappa shape index (κ1) is 13.9. The van der Waals surface area contributed by atoms with Crippen LogP contribution in [0.4, 0.5) is 0 Å². The van der Waals surface area contributed by atoms with Crippen molar-refractivity contribution >= 4 is 22.7 Å². The second-order valence-corrected chi connectivity index (χ2v) is 5.28. The minimum absolute atomic E-state index is 0.291. The van der Waals surface area contributed by atoms with E-state index in [1.165, 1.54) is 0 Å². The summed E-state index contributed by atoms with van der Waals surface area (Å²) in [6, 6.07) is 13.5. The number of aromatic hydroxyl groups is 1. The zero-order valence-corrected chi connectivity index (χ0v) is 12.4. The number of para-hydroxylation sites is 2. The number of aryl methyl sites for hydroxylation is 2. The molecule has 0 unspecified atom stereocenters. The Morgan fingerprint density at radius 2 is 1.91 bits per heavy atom. The molecule has 0 bridgehead atoms. The number of aromatic nitrogens is 2. The normalized spacial score (nSPS) is 11.6. The number of allylic oxidation sites excluding steroid dienone is 1. The van der Waals surface area contributed by atoms with Crippen molar-refractivity contribution in [1.29, 1.82) is 5.26 Å². The monoisotopic (exact) mass is 289 g/mol. The molecule has 0 aliphatic heterocycles. The Morgan fingerprint density at radius 1 is 1.23 bits per heavy atom. The Balaban J connectivity index is 2.09. The Bertz CT molecular complexity index is 873. The van der Waals surface area contributed by atoms with Gasteiger partial charge < -0.3 is 10.1 Å². The van der Waals surface area contributed by atoms with Gasteiger partial charge in [-0.15, -0.1) is 0 Å². The maximum Gasteiger partial charge on any atom is 0.149 e. The van der Waals surface area contributed by atoms with E-state index in [9.17, 15) is 10.4 Å². The van der Waals surface area contributed by atoms with Crippen LogP contribution >= 0.6 is 0 Å². The molecule has 0 aliphatic carbocycles. The third-order valence-electron chi connectivity index (χ3n) is 3.59. The van der Waals surface area contributed by atoms with Crippen molar-refractivity contribution < 1.29 is 5.11 Å². The van der Waals surface area contributed by atoms with E-state index in [4.69, 9.17) is 0 Å². The SMILES string of the molecule is Cc1cc(C=C(C#N)c2nc3ccccc3[nH]2)cc(C)c1O. The molecule has 0 fully saturated rings. The molecule has 4 nitrogen and oxygen atoms in total. The van der Waals surface area contributed by atoms with Crippen LogP contribution in [-0.4, -0.2) is 15.1 Å². The van der Waals surface area contributed by atoms with Gasteiger partial charge in [-0.3, -0.25) is 0 Å². The Morgan fingerprint density at radius 3 is 2.55 bits per heavy atom. The van der Waals surface area contributed by atoms with Crippen molar-refractivity contribution in [2.45, 2.75) is 13.8 Å². The van der Waals surface area contributed by atoms with E-state index < -0.39 is 0 Å². The standard InChI is InChI=1S/C18H15N3O/c1-11-7-13(8-12(2)17(11)22)9-14(10-19)18-20-15-5-3-4-6-16(15)21-18/h3-9,22H,1-2H3,(H,20,21). The molecule has 0 saturated heterocycles. The van der Waals surface area contributed by atoms with Crippen LogP contribution in [0.1, 0.15) is 22.5 Å². The number of imidazole rings is 1. The molecule has 0 spiro atoms. The van der Waals surface area contributed by atoms with Crippen LogP contribution in [0, 0.1) is 25.2 Å². The van der Waals surface area contributed by atoms with Gasteiger partial charge in [0.05, 0.1) is 16.6 Å². The van der Waals surface area contributed by atoms with Crippen LogP contribution in [0.15, 0.2) is 36.4 Å². The summed E-state index contributed by atoms with van der Waals surface area (Å²) in [5, 5.41) is 19.3. The first-order valence-corrected chi connectivity index (χ1v) is 6.95. The first-order chi connectivity index (χ1) is 10.6. The number of rotatable bonds is 2. The number of H-pyrrole nitrogens is 1. The largest absolute Gasteiger partial charge is 0.507 e. The molecule has 0 radical (unpaired) electrons. The lowest BCUT2D eigenvalue weighted by molar-refractivity contribution is 0.467. The van der Waals surface area contributed by atoms with Crippen molar-refractivity contribution in [2.75, 3.05) is 0 Å². The van der Waals surface area contributed by atoms with Crippen molar-refractivity contribution in [1.82, 2.24) is 9.97 Å². The zero-order valence-electron chi connectivity index (χ0n) is 12.4. The van der Waals surface area contributed by atoms with Gasteiger partial charge in [0.1, 0.15) is 17.6 Å². The average Bonchev–Trinajstić information content (AvgIpc) is 2.93. The van der Waals surface area contributed by atoms with Crippen molar-refractivity contribution in [3.8, 4) is 11.8 Å². The van der Waals surface area contributed by atoms with E-state index in [1.807, 2.05) is 50.2 Å². The molecule has 0 amide bonds. The van der Waals surface area contributed by atoms with E-state index in [1.54, 1.807) is 6.08 Å². The highest BCUT2D eigenvalue weighted by molar-refractivity contribution is 5.90. The number of hydrogen-bond donors (Lipinski definition) is 2. The second kappa shape index (κ2) is 5.38. The van der Waals surface area contributed by atoms with E-state index in [-0.39, 0.29) is 0 Å². The molecule has 3 rings (SSSR count). The lowest BCUT2D eigenvalue weighted by Gasteiger charge is -2.05. The fourth-order valence-corrected chi connectivity index (χ4v) is 2.47. The number of aromatic amines is 1. The predicted molar refractivity (Wildman–Crippen MR) is 87.2 cm³/mol. The van der Waals surface area contributed by atoms with Gasteiger partial charge in [-0.05, 0) is 60.9 Å². The minimum atomic E-state index is 0.291. The van der Waals surface area contributed by atoms with E-state index >= 15 is 0 Å². The Kier molecular flexibility index (Phi) is 3.40. The molecule has 2 N–H and O–H groups in total. The number of nitrogens with zero attached hydrogens (tertiary/aromatic N) is 2. The maximum absolute atomic E-state index is 9.83. The lowest BCUT2D eigenvalue weighted by Crippen LogP contribution is -1.87. The van der Waals surface area contributed by atoms with E-state index in [2.05, 4.69) is 16.0 Å². The Hall–Kier alpha value is -3.06. The average molecular weight is 289 g/mol. The zero-order chi connectivity index (χ0) is 15.7. The highest BCUT2D eigenvalue weighted by Gasteiger charge is 2.09. The molecule has 1 aromatic heterocycles. The molecule has 3 aromatic rings. The molecule has 4 heteroatoms. The number of phenols is 1. The van der Waals surface area contributed by atoms with Gasteiger partial charge in [0.15, 0.2) is 0 Å². The molecule has 1 heterocycles. The number of nitrogens with one attached hydrogen (secondary N) is 1. The van der Waals surface area contributed by atoms with Gasteiger partial charge in [-0.1, -0.05) is 12.1 Å². The number of nitriles is 1. The van der Waals surface area contributed by atoms with Gasteiger partial charge >= 0.3 is 0 Å². The van der Waals surface area contributed by atoms with Gasteiger partial charge in [-0.2, -0.15) is 5.26 Å². The van der Waals surface area contributed by atoms with E-state index in [0.29, 0.717) is 17.1 Å². The number of benzene rings is 2. The van der Waals surface area contributed by atoms with Crippen LogP contribution in [0.3, 0.4) is 0 Å². The molecule has 0 aliphatic rings. The number of hydrogen-bond acceptors (Lipinski definition) is 3. The van der Waals surface area contributed by atoms with Crippen LogP contribution < -0.4 is 0 Å². The third kappa shape index (κ3) is 2.45. The summed E-state index contributed by atoms with van der Waals surface area (Å²) >= 11 is 0. The third-order valence-corrected chi connectivity index (χ3v) is 3.59.